The quantitative estimate of drug-likeness (QED) is 0.806. The molecule has 2 aromatic rings. The van der Waals surface area contributed by atoms with E-state index in [1.807, 2.05) is 18.2 Å². The van der Waals surface area contributed by atoms with E-state index in [9.17, 15) is 0 Å². The lowest BCUT2D eigenvalue weighted by Crippen LogP contribution is -2.28. The molecule has 5 nitrogen and oxygen atoms in total. The minimum Gasteiger partial charge on any atom is -0.338 e. The van der Waals surface area contributed by atoms with Crippen LogP contribution in [0.2, 0.25) is 0 Å². The van der Waals surface area contributed by atoms with Crippen molar-refractivity contribution in [2.45, 2.75) is 33.4 Å². The van der Waals surface area contributed by atoms with Gasteiger partial charge < -0.3 is 10.3 Å². The van der Waals surface area contributed by atoms with Gasteiger partial charge in [-0.3, -0.25) is 4.90 Å². The summed E-state index contributed by atoms with van der Waals surface area (Å²) in [7, 11) is 0. The van der Waals surface area contributed by atoms with E-state index < -0.39 is 0 Å². The maximum atomic E-state index is 5.70. The highest BCUT2D eigenvalue weighted by Gasteiger charge is 2.13. The molecule has 114 valence electrons. The zero-order chi connectivity index (χ0) is 15.1. The van der Waals surface area contributed by atoms with Crippen molar-refractivity contribution in [1.29, 1.82) is 0 Å². The van der Waals surface area contributed by atoms with E-state index in [1.165, 1.54) is 5.56 Å². The van der Waals surface area contributed by atoms with Gasteiger partial charge in [-0.2, -0.15) is 4.98 Å². The third-order valence-corrected chi connectivity index (χ3v) is 3.15. The molecule has 0 unspecified atom stereocenters. The molecule has 0 spiro atoms. The van der Waals surface area contributed by atoms with E-state index in [1.54, 1.807) is 0 Å². The largest absolute Gasteiger partial charge is 0.338 e. The van der Waals surface area contributed by atoms with Crippen molar-refractivity contribution >= 4 is 0 Å². The summed E-state index contributed by atoms with van der Waals surface area (Å²) in [6, 6.07) is 10.3. The van der Waals surface area contributed by atoms with Gasteiger partial charge in [0, 0.05) is 26.1 Å². The van der Waals surface area contributed by atoms with Crippen molar-refractivity contribution in [3.63, 3.8) is 0 Å². The summed E-state index contributed by atoms with van der Waals surface area (Å²) in [6.45, 7) is 7.17. The van der Waals surface area contributed by atoms with Gasteiger partial charge in [0.25, 0.3) is 0 Å². The Hall–Kier alpha value is -1.72. The minimum absolute atomic E-state index is 0.528. The van der Waals surface area contributed by atoms with Gasteiger partial charge in [0.1, 0.15) is 0 Å². The monoisotopic (exact) mass is 288 g/mol. The summed E-state index contributed by atoms with van der Waals surface area (Å²) in [6.07, 6.45) is 0.846. The van der Waals surface area contributed by atoms with Crippen molar-refractivity contribution < 1.29 is 4.52 Å². The van der Waals surface area contributed by atoms with Crippen LogP contribution >= 0.6 is 0 Å². The Morgan fingerprint density at radius 3 is 2.62 bits per heavy atom. The SMILES string of the molecule is CC(C)Cc1noc(CN(CCN)Cc2ccccc2)n1. The maximum Gasteiger partial charge on any atom is 0.240 e. The Morgan fingerprint density at radius 2 is 1.95 bits per heavy atom. The van der Waals surface area contributed by atoms with E-state index in [0.29, 0.717) is 24.9 Å². The fourth-order valence-electron chi connectivity index (χ4n) is 2.23. The van der Waals surface area contributed by atoms with E-state index in [-0.39, 0.29) is 0 Å². The third-order valence-electron chi connectivity index (χ3n) is 3.15. The van der Waals surface area contributed by atoms with Crippen molar-refractivity contribution in [2.75, 3.05) is 13.1 Å². The predicted molar refractivity (Wildman–Crippen MR) is 82.5 cm³/mol. The summed E-state index contributed by atoms with van der Waals surface area (Å²) in [5.41, 5.74) is 6.96. The summed E-state index contributed by atoms with van der Waals surface area (Å²) in [5, 5.41) is 4.03. The average Bonchev–Trinajstić information content (AvgIpc) is 2.86. The molecule has 0 bridgehead atoms. The lowest BCUT2D eigenvalue weighted by Gasteiger charge is -2.19. The Morgan fingerprint density at radius 1 is 1.19 bits per heavy atom. The molecule has 1 heterocycles. The molecule has 5 heteroatoms. The molecule has 0 aliphatic rings. The van der Waals surface area contributed by atoms with Crippen LogP contribution in [0.15, 0.2) is 34.9 Å². The van der Waals surface area contributed by atoms with Crippen molar-refractivity contribution in [3.8, 4) is 0 Å². The molecular formula is C16H24N4O. The molecule has 0 atom stereocenters. The van der Waals surface area contributed by atoms with Crippen LogP contribution in [0.5, 0.6) is 0 Å². The zero-order valence-electron chi connectivity index (χ0n) is 12.8. The number of aromatic nitrogens is 2. The first-order chi connectivity index (χ1) is 10.2. The van der Waals surface area contributed by atoms with Gasteiger partial charge >= 0.3 is 0 Å². The highest BCUT2D eigenvalue weighted by molar-refractivity contribution is 5.14. The third kappa shape index (κ3) is 5.28. The molecule has 1 aromatic heterocycles. The van der Waals surface area contributed by atoms with E-state index >= 15 is 0 Å². The normalized spacial score (nSPS) is 11.5. The van der Waals surface area contributed by atoms with Gasteiger partial charge in [-0.25, -0.2) is 0 Å². The number of hydrogen-bond donors (Lipinski definition) is 1. The highest BCUT2D eigenvalue weighted by Crippen LogP contribution is 2.10. The summed E-state index contributed by atoms with van der Waals surface area (Å²) >= 11 is 0. The van der Waals surface area contributed by atoms with E-state index in [4.69, 9.17) is 10.3 Å². The molecule has 0 aliphatic heterocycles. The molecule has 2 N–H and O–H groups in total. The molecule has 0 saturated heterocycles. The maximum absolute atomic E-state index is 5.70. The van der Waals surface area contributed by atoms with Crippen LogP contribution in [-0.4, -0.2) is 28.1 Å². The topological polar surface area (TPSA) is 68.2 Å². The Labute approximate surface area is 126 Å². The first-order valence-electron chi connectivity index (χ1n) is 7.45. The van der Waals surface area contributed by atoms with Crippen LogP contribution in [-0.2, 0) is 19.5 Å². The fourth-order valence-corrected chi connectivity index (χ4v) is 2.23. The van der Waals surface area contributed by atoms with Gasteiger partial charge in [0.05, 0.1) is 6.54 Å². The molecule has 0 radical (unpaired) electrons. The van der Waals surface area contributed by atoms with Gasteiger partial charge in [0.15, 0.2) is 5.82 Å². The molecular weight excluding hydrogens is 264 g/mol. The van der Waals surface area contributed by atoms with Crippen molar-refractivity contribution in [2.24, 2.45) is 11.7 Å². The van der Waals surface area contributed by atoms with Crippen molar-refractivity contribution in [3.05, 3.63) is 47.6 Å². The second-order valence-corrected chi connectivity index (χ2v) is 5.69. The molecule has 0 amide bonds. The Balaban J connectivity index is 1.97. The van der Waals surface area contributed by atoms with Gasteiger partial charge in [-0.05, 0) is 11.5 Å². The highest BCUT2D eigenvalue weighted by atomic mass is 16.5. The molecule has 21 heavy (non-hydrogen) atoms. The lowest BCUT2D eigenvalue weighted by molar-refractivity contribution is 0.224. The van der Waals surface area contributed by atoms with Crippen LogP contribution in [0.25, 0.3) is 0 Å². The van der Waals surface area contributed by atoms with Crippen LogP contribution in [0.4, 0.5) is 0 Å². The second kappa shape index (κ2) is 7.90. The van der Waals surface area contributed by atoms with Crippen LogP contribution < -0.4 is 5.73 Å². The van der Waals surface area contributed by atoms with Gasteiger partial charge in [0.2, 0.25) is 5.89 Å². The van der Waals surface area contributed by atoms with E-state index in [2.05, 4.69) is 41.0 Å². The van der Waals surface area contributed by atoms with E-state index in [0.717, 1.165) is 25.3 Å². The van der Waals surface area contributed by atoms with Crippen LogP contribution in [0.3, 0.4) is 0 Å². The number of nitrogens with two attached hydrogens (primary N) is 1. The molecule has 0 fully saturated rings. The first kappa shape index (κ1) is 15.7. The predicted octanol–water partition coefficient (Wildman–Crippen LogP) is 2.23. The van der Waals surface area contributed by atoms with Crippen molar-refractivity contribution in [1.82, 2.24) is 15.0 Å². The molecule has 1 aromatic carbocycles. The molecule has 0 aliphatic carbocycles. The number of rotatable bonds is 8. The number of nitrogens with zero attached hydrogens (tertiary/aromatic N) is 3. The van der Waals surface area contributed by atoms with Crippen LogP contribution in [0.1, 0.15) is 31.1 Å². The smallest absolute Gasteiger partial charge is 0.240 e. The summed E-state index contributed by atoms with van der Waals surface area (Å²) in [4.78, 5) is 6.68. The van der Waals surface area contributed by atoms with Crippen LogP contribution in [0, 0.1) is 5.92 Å². The second-order valence-electron chi connectivity index (χ2n) is 5.69. The summed E-state index contributed by atoms with van der Waals surface area (Å²) in [5.74, 6) is 1.97. The number of benzene rings is 1. The first-order valence-corrected chi connectivity index (χ1v) is 7.45. The Bertz CT molecular complexity index is 524. The summed E-state index contributed by atoms with van der Waals surface area (Å²) < 4.78 is 5.34. The molecule has 2 rings (SSSR count). The molecule has 0 saturated carbocycles. The average molecular weight is 288 g/mol. The Kier molecular flexibility index (Phi) is 5.90. The van der Waals surface area contributed by atoms with Gasteiger partial charge in [-0.1, -0.05) is 49.3 Å². The zero-order valence-corrected chi connectivity index (χ0v) is 12.8. The van der Waals surface area contributed by atoms with Gasteiger partial charge in [-0.15, -0.1) is 0 Å². The number of hydrogen-bond acceptors (Lipinski definition) is 5. The lowest BCUT2D eigenvalue weighted by atomic mass is 10.1. The fraction of sp³-hybridized carbons (Fsp3) is 0.500. The minimum atomic E-state index is 0.528. The standard InChI is InChI=1S/C16H24N4O/c1-13(2)10-15-18-16(21-19-15)12-20(9-8-17)11-14-6-4-3-5-7-14/h3-7,13H,8-12,17H2,1-2H3.